The molecular formula is C17H24N4O. The Labute approximate surface area is 132 Å². The fourth-order valence-corrected chi connectivity index (χ4v) is 3.15. The number of aromatic nitrogens is 2. The van der Waals surface area contributed by atoms with Crippen LogP contribution in [0.3, 0.4) is 0 Å². The van der Waals surface area contributed by atoms with Gasteiger partial charge in [0.25, 0.3) is 0 Å². The molecule has 5 heteroatoms. The first-order valence-electron chi connectivity index (χ1n) is 7.89. The summed E-state index contributed by atoms with van der Waals surface area (Å²) < 4.78 is 5.58. The number of likely N-dealkylation sites (tertiary alicyclic amines) is 1. The maximum atomic E-state index is 5.58. The van der Waals surface area contributed by atoms with E-state index in [-0.39, 0.29) is 0 Å². The Balaban J connectivity index is 1.57. The number of oxazole rings is 1. The topological polar surface area (TPSA) is 45.4 Å². The van der Waals surface area contributed by atoms with E-state index < -0.39 is 0 Å². The van der Waals surface area contributed by atoms with Gasteiger partial charge in [0, 0.05) is 37.6 Å². The van der Waals surface area contributed by atoms with Crippen molar-refractivity contribution in [3.8, 4) is 0 Å². The molecule has 3 rings (SSSR count). The van der Waals surface area contributed by atoms with Gasteiger partial charge in [-0.1, -0.05) is 0 Å². The van der Waals surface area contributed by atoms with Crippen LogP contribution in [0.4, 0.5) is 0 Å². The van der Waals surface area contributed by atoms with Crippen LogP contribution in [0.1, 0.15) is 36.6 Å². The smallest absolute Gasteiger partial charge is 0.208 e. The van der Waals surface area contributed by atoms with Gasteiger partial charge in [0.05, 0.1) is 12.7 Å². The van der Waals surface area contributed by atoms with Gasteiger partial charge in [0.1, 0.15) is 5.76 Å². The summed E-state index contributed by atoms with van der Waals surface area (Å²) in [6, 6.07) is 5.20. The maximum Gasteiger partial charge on any atom is 0.208 e. The molecule has 0 saturated carbocycles. The number of nitrogens with zero attached hydrogens (tertiary/aromatic N) is 4. The van der Waals surface area contributed by atoms with Crippen LogP contribution in [-0.2, 0) is 6.54 Å². The lowest BCUT2D eigenvalue weighted by molar-refractivity contribution is 0.190. The third-order valence-corrected chi connectivity index (χ3v) is 4.61. The Morgan fingerprint density at radius 3 is 2.86 bits per heavy atom. The molecule has 2 unspecified atom stereocenters. The van der Waals surface area contributed by atoms with Crippen molar-refractivity contribution in [3.63, 3.8) is 0 Å². The van der Waals surface area contributed by atoms with E-state index in [2.05, 4.69) is 45.9 Å². The average Bonchev–Trinajstić information content (AvgIpc) is 3.17. The van der Waals surface area contributed by atoms with Gasteiger partial charge in [-0.15, -0.1) is 0 Å². The van der Waals surface area contributed by atoms with Crippen molar-refractivity contribution in [1.82, 2.24) is 19.8 Å². The molecule has 1 aliphatic rings. The zero-order chi connectivity index (χ0) is 15.5. The summed E-state index contributed by atoms with van der Waals surface area (Å²) >= 11 is 0. The van der Waals surface area contributed by atoms with E-state index in [1.807, 2.05) is 19.3 Å². The van der Waals surface area contributed by atoms with Gasteiger partial charge in [0.15, 0.2) is 0 Å². The number of likely N-dealkylation sites (N-methyl/N-ethyl adjacent to an activating group) is 1. The van der Waals surface area contributed by atoms with Crippen LogP contribution in [0.15, 0.2) is 35.1 Å². The van der Waals surface area contributed by atoms with Gasteiger partial charge < -0.3 is 4.42 Å². The highest BCUT2D eigenvalue weighted by Crippen LogP contribution is 2.26. The molecule has 3 heterocycles. The first kappa shape index (κ1) is 15.2. The minimum absolute atomic E-state index is 0.436. The molecule has 0 aromatic carbocycles. The van der Waals surface area contributed by atoms with Crippen LogP contribution in [0.2, 0.25) is 0 Å². The summed E-state index contributed by atoms with van der Waals surface area (Å²) in [5.41, 5.74) is 1.33. The second-order valence-electron chi connectivity index (χ2n) is 6.17. The second kappa shape index (κ2) is 6.58. The van der Waals surface area contributed by atoms with Crippen LogP contribution >= 0.6 is 0 Å². The highest BCUT2D eigenvalue weighted by molar-refractivity contribution is 5.14. The Morgan fingerprint density at radius 1 is 1.41 bits per heavy atom. The summed E-state index contributed by atoms with van der Waals surface area (Å²) in [7, 11) is 2.16. The summed E-state index contributed by atoms with van der Waals surface area (Å²) in [6.45, 7) is 7.19. The molecule has 22 heavy (non-hydrogen) atoms. The first-order valence-corrected chi connectivity index (χ1v) is 7.89. The van der Waals surface area contributed by atoms with Crippen molar-refractivity contribution in [3.05, 3.63) is 47.9 Å². The summed E-state index contributed by atoms with van der Waals surface area (Å²) in [5, 5.41) is 0. The number of pyridine rings is 1. The van der Waals surface area contributed by atoms with Crippen molar-refractivity contribution in [2.75, 3.05) is 20.1 Å². The van der Waals surface area contributed by atoms with E-state index in [0.717, 1.165) is 31.3 Å². The monoisotopic (exact) mass is 300 g/mol. The Bertz CT molecular complexity index is 598. The molecule has 0 aliphatic carbocycles. The largest absolute Gasteiger partial charge is 0.445 e. The molecule has 2 aromatic heterocycles. The number of hydrogen-bond acceptors (Lipinski definition) is 5. The molecule has 1 aliphatic heterocycles. The number of rotatable bonds is 5. The average molecular weight is 300 g/mol. The predicted molar refractivity (Wildman–Crippen MR) is 85.3 cm³/mol. The van der Waals surface area contributed by atoms with Crippen LogP contribution in [0, 0.1) is 6.92 Å². The molecule has 0 radical (unpaired) electrons. The standard InChI is InChI=1S/C17H24N4O/c1-13-10-19-17(22-13)12-20(3)16-6-9-21(11-16)14(2)15-4-7-18-8-5-15/h4-5,7-8,10,14,16H,6,9,11-12H2,1-3H3. The van der Waals surface area contributed by atoms with E-state index in [9.17, 15) is 0 Å². The maximum absolute atomic E-state index is 5.58. The van der Waals surface area contributed by atoms with Crippen molar-refractivity contribution < 1.29 is 4.42 Å². The highest BCUT2D eigenvalue weighted by Gasteiger charge is 2.29. The zero-order valence-corrected chi connectivity index (χ0v) is 13.6. The Kier molecular flexibility index (Phi) is 4.55. The third kappa shape index (κ3) is 3.36. The number of hydrogen-bond donors (Lipinski definition) is 0. The summed E-state index contributed by atoms with van der Waals surface area (Å²) in [5.74, 6) is 1.68. The van der Waals surface area contributed by atoms with Crippen LogP contribution < -0.4 is 0 Å². The SMILES string of the molecule is Cc1cnc(CN(C)C2CCN(C(C)c3ccncc3)C2)o1. The minimum atomic E-state index is 0.436. The zero-order valence-electron chi connectivity index (χ0n) is 13.6. The Morgan fingerprint density at radius 2 is 2.18 bits per heavy atom. The van der Waals surface area contributed by atoms with E-state index in [1.165, 1.54) is 12.0 Å². The van der Waals surface area contributed by atoms with E-state index >= 15 is 0 Å². The minimum Gasteiger partial charge on any atom is -0.445 e. The molecule has 118 valence electrons. The van der Waals surface area contributed by atoms with Crippen LogP contribution in [0.25, 0.3) is 0 Å². The molecule has 2 aromatic rings. The lowest BCUT2D eigenvalue weighted by Gasteiger charge is -2.27. The molecule has 2 atom stereocenters. The van der Waals surface area contributed by atoms with Gasteiger partial charge in [0.2, 0.25) is 5.89 Å². The fourth-order valence-electron chi connectivity index (χ4n) is 3.15. The van der Waals surface area contributed by atoms with E-state index in [4.69, 9.17) is 4.42 Å². The van der Waals surface area contributed by atoms with Crippen molar-refractivity contribution in [2.24, 2.45) is 0 Å². The lowest BCUT2D eigenvalue weighted by atomic mass is 10.1. The summed E-state index contributed by atoms with van der Waals surface area (Å²) in [4.78, 5) is 13.3. The molecule has 1 saturated heterocycles. The molecule has 0 N–H and O–H groups in total. The second-order valence-corrected chi connectivity index (χ2v) is 6.17. The fraction of sp³-hybridized carbons (Fsp3) is 0.529. The normalized spacial score (nSPS) is 20.6. The molecule has 1 fully saturated rings. The molecule has 0 amide bonds. The Hall–Kier alpha value is -1.72. The van der Waals surface area contributed by atoms with Crippen molar-refractivity contribution in [1.29, 1.82) is 0 Å². The first-order chi connectivity index (χ1) is 10.6. The number of aryl methyl sites for hydroxylation is 1. The van der Waals surface area contributed by atoms with Gasteiger partial charge in [-0.2, -0.15) is 0 Å². The van der Waals surface area contributed by atoms with Crippen molar-refractivity contribution >= 4 is 0 Å². The van der Waals surface area contributed by atoms with Gasteiger partial charge in [-0.3, -0.25) is 14.8 Å². The molecule has 0 bridgehead atoms. The van der Waals surface area contributed by atoms with E-state index in [1.54, 1.807) is 6.20 Å². The third-order valence-electron chi connectivity index (χ3n) is 4.61. The summed E-state index contributed by atoms with van der Waals surface area (Å²) in [6.07, 6.45) is 6.72. The predicted octanol–water partition coefficient (Wildman–Crippen LogP) is 2.65. The van der Waals surface area contributed by atoms with E-state index in [0.29, 0.717) is 12.1 Å². The van der Waals surface area contributed by atoms with Gasteiger partial charge in [-0.05, 0) is 45.0 Å². The van der Waals surface area contributed by atoms with Crippen LogP contribution in [0.5, 0.6) is 0 Å². The molecule has 5 nitrogen and oxygen atoms in total. The lowest BCUT2D eigenvalue weighted by Crippen LogP contribution is -2.35. The van der Waals surface area contributed by atoms with Gasteiger partial charge >= 0.3 is 0 Å². The highest BCUT2D eigenvalue weighted by atomic mass is 16.4. The molecule has 0 spiro atoms. The van der Waals surface area contributed by atoms with Crippen molar-refractivity contribution in [2.45, 2.75) is 38.9 Å². The van der Waals surface area contributed by atoms with Crippen LogP contribution in [-0.4, -0.2) is 45.9 Å². The molecular weight excluding hydrogens is 276 g/mol. The quantitative estimate of drug-likeness (QED) is 0.849. The van der Waals surface area contributed by atoms with Gasteiger partial charge in [-0.25, -0.2) is 4.98 Å².